The van der Waals surface area contributed by atoms with Crippen molar-refractivity contribution >= 4 is 6.16 Å². The Morgan fingerprint density at radius 3 is 2.64 bits per heavy atom. The molecule has 74 valence electrons. The van der Waals surface area contributed by atoms with Crippen molar-refractivity contribution in [2.24, 2.45) is 0 Å². The van der Waals surface area contributed by atoms with Crippen LogP contribution >= 0.6 is 0 Å². The Bertz CT molecular complexity index is 322. The molecule has 1 saturated heterocycles. The zero-order valence-electron chi connectivity index (χ0n) is 7.42. The van der Waals surface area contributed by atoms with E-state index in [2.05, 4.69) is 4.74 Å². The van der Waals surface area contributed by atoms with Crippen LogP contribution < -0.4 is 0 Å². The fourth-order valence-electron chi connectivity index (χ4n) is 1.36. The Balaban J connectivity index is 2.09. The van der Waals surface area contributed by atoms with E-state index < -0.39 is 18.4 Å². The van der Waals surface area contributed by atoms with Gasteiger partial charge in [-0.3, -0.25) is 0 Å². The molecule has 0 amide bonds. The van der Waals surface area contributed by atoms with Crippen molar-refractivity contribution in [3.05, 3.63) is 35.9 Å². The van der Waals surface area contributed by atoms with Crippen LogP contribution in [0.2, 0.25) is 0 Å². The van der Waals surface area contributed by atoms with E-state index in [1.54, 1.807) is 12.1 Å². The van der Waals surface area contributed by atoms with Crippen LogP contribution in [0, 0.1) is 0 Å². The minimum Gasteiger partial charge on any atom is -0.430 e. The summed E-state index contributed by atoms with van der Waals surface area (Å²) in [5.41, 5.74) is 0.718. The fourth-order valence-corrected chi connectivity index (χ4v) is 1.36. The molecular formula is C10H10O4. The number of hydrogen-bond acceptors (Lipinski definition) is 4. The molecule has 2 atom stereocenters. The summed E-state index contributed by atoms with van der Waals surface area (Å²) in [7, 11) is 0. The number of benzene rings is 1. The Labute approximate surface area is 81.1 Å². The lowest BCUT2D eigenvalue weighted by molar-refractivity contribution is 0.0319. The predicted octanol–water partition coefficient (Wildman–Crippen LogP) is 1.26. The quantitative estimate of drug-likeness (QED) is 0.720. The third-order valence-electron chi connectivity index (χ3n) is 2.11. The molecule has 1 heterocycles. The van der Waals surface area contributed by atoms with Gasteiger partial charge in [-0.2, -0.15) is 0 Å². The lowest BCUT2D eigenvalue weighted by Gasteiger charge is -2.14. The summed E-state index contributed by atoms with van der Waals surface area (Å²) < 4.78 is 9.35. The van der Waals surface area contributed by atoms with Gasteiger partial charge in [0.2, 0.25) is 0 Å². The number of aliphatic hydroxyl groups excluding tert-OH is 1. The minimum absolute atomic E-state index is 0.106. The van der Waals surface area contributed by atoms with Gasteiger partial charge >= 0.3 is 6.16 Å². The second kappa shape index (κ2) is 3.67. The van der Waals surface area contributed by atoms with Crippen molar-refractivity contribution in [2.45, 2.75) is 12.2 Å². The average molecular weight is 194 g/mol. The monoisotopic (exact) mass is 194 g/mol. The summed E-state index contributed by atoms with van der Waals surface area (Å²) >= 11 is 0. The standard InChI is InChI=1S/C10H10O4/c11-9(7-4-2-1-3-5-7)8-6-13-10(12)14-8/h1-5,8-9,11H,6H2/t8-,9+/m1/s1. The molecule has 0 saturated carbocycles. The Morgan fingerprint density at radius 1 is 1.36 bits per heavy atom. The molecule has 14 heavy (non-hydrogen) atoms. The van der Waals surface area contributed by atoms with Gasteiger partial charge in [0.1, 0.15) is 12.7 Å². The molecule has 1 aliphatic heterocycles. The molecule has 1 aromatic carbocycles. The SMILES string of the molecule is O=C1OC[C@H]([C@@H](O)c2ccccc2)O1. The van der Waals surface area contributed by atoms with Gasteiger partial charge in [0.25, 0.3) is 0 Å². The molecule has 2 rings (SSSR count). The smallest absolute Gasteiger partial charge is 0.430 e. The highest BCUT2D eigenvalue weighted by atomic mass is 16.8. The van der Waals surface area contributed by atoms with Gasteiger partial charge in [-0.15, -0.1) is 0 Å². The van der Waals surface area contributed by atoms with E-state index in [4.69, 9.17) is 4.74 Å². The maximum Gasteiger partial charge on any atom is 0.508 e. The van der Waals surface area contributed by atoms with E-state index in [0.717, 1.165) is 5.56 Å². The molecule has 1 N–H and O–H groups in total. The highest BCUT2D eigenvalue weighted by Crippen LogP contribution is 2.22. The Kier molecular flexibility index (Phi) is 2.37. The summed E-state index contributed by atoms with van der Waals surface area (Å²) in [5.74, 6) is 0. The molecule has 0 unspecified atom stereocenters. The van der Waals surface area contributed by atoms with E-state index in [1.807, 2.05) is 18.2 Å². The van der Waals surface area contributed by atoms with Crippen molar-refractivity contribution in [1.29, 1.82) is 0 Å². The summed E-state index contributed by atoms with van der Waals surface area (Å²) in [4.78, 5) is 10.6. The van der Waals surface area contributed by atoms with Gasteiger partial charge in [-0.1, -0.05) is 30.3 Å². The first-order valence-electron chi connectivity index (χ1n) is 4.34. The van der Waals surface area contributed by atoms with Crippen molar-refractivity contribution in [2.75, 3.05) is 6.61 Å². The van der Waals surface area contributed by atoms with Crippen molar-refractivity contribution in [3.63, 3.8) is 0 Å². The van der Waals surface area contributed by atoms with Gasteiger partial charge in [0.15, 0.2) is 6.10 Å². The molecule has 0 aromatic heterocycles. The second-order valence-corrected chi connectivity index (χ2v) is 3.07. The minimum atomic E-state index is -0.817. The molecule has 0 spiro atoms. The maximum atomic E-state index is 10.6. The van der Waals surface area contributed by atoms with Crippen LogP contribution in [0.25, 0.3) is 0 Å². The maximum absolute atomic E-state index is 10.6. The molecule has 0 radical (unpaired) electrons. The summed E-state index contributed by atoms with van der Waals surface area (Å²) in [6.45, 7) is 0.106. The van der Waals surface area contributed by atoms with Crippen LogP contribution in [0.15, 0.2) is 30.3 Å². The number of carbonyl (C=O) groups excluding carboxylic acids is 1. The van der Waals surface area contributed by atoms with Crippen molar-refractivity contribution in [3.8, 4) is 0 Å². The van der Waals surface area contributed by atoms with E-state index in [9.17, 15) is 9.90 Å². The van der Waals surface area contributed by atoms with Gasteiger partial charge in [-0.05, 0) is 5.56 Å². The highest BCUT2D eigenvalue weighted by Gasteiger charge is 2.32. The van der Waals surface area contributed by atoms with Gasteiger partial charge in [-0.25, -0.2) is 4.79 Å². The molecule has 0 aliphatic carbocycles. The van der Waals surface area contributed by atoms with Crippen molar-refractivity contribution in [1.82, 2.24) is 0 Å². The molecule has 0 bridgehead atoms. The number of cyclic esters (lactones) is 2. The largest absolute Gasteiger partial charge is 0.508 e. The lowest BCUT2D eigenvalue weighted by atomic mass is 10.1. The number of ether oxygens (including phenoxy) is 2. The van der Waals surface area contributed by atoms with E-state index in [1.165, 1.54) is 0 Å². The van der Waals surface area contributed by atoms with Gasteiger partial charge in [0.05, 0.1) is 0 Å². The number of carbonyl (C=O) groups is 1. The fraction of sp³-hybridized carbons (Fsp3) is 0.300. The summed E-state index contributed by atoms with van der Waals surface area (Å²) in [6, 6.07) is 9.04. The molecule has 4 nitrogen and oxygen atoms in total. The van der Waals surface area contributed by atoms with Gasteiger partial charge < -0.3 is 14.6 Å². The zero-order valence-corrected chi connectivity index (χ0v) is 7.42. The molecular weight excluding hydrogens is 184 g/mol. The highest BCUT2D eigenvalue weighted by molar-refractivity contribution is 5.62. The predicted molar refractivity (Wildman–Crippen MR) is 47.6 cm³/mol. The van der Waals surface area contributed by atoms with Gasteiger partial charge in [0, 0.05) is 0 Å². The Hall–Kier alpha value is -1.55. The third-order valence-corrected chi connectivity index (χ3v) is 2.11. The summed E-state index contributed by atoms with van der Waals surface area (Å²) in [6.07, 6.45) is -2.13. The molecule has 1 fully saturated rings. The third kappa shape index (κ3) is 1.70. The Morgan fingerprint density at radius 2 is 2.07 bits per heavy atom. The molecule has 1 aromatic rings. The first-order chi connectivity index (χ1) is 6.77. The first kappa shape index (κ1) is 9.02. The number of aliphatic hydroxyl groups is 1. The van der Waals surface area contributed by atoms with Crippen LogP contribution in [-0.2, 0) is 9.47 Å². The molecule has 4 heteroatoms. The molecule has 1 aliphatic rings. The van der Waals surface area contributed by atoms with E-state index in [-0.39, 0.29) is 6.61 Å². The lowest BCUT2D eigenvalue weighted by Crippen LogP contribution is -2.20. The first-order valence-corrected chi connectivity index (χ1v) is 4.34. The van der Waals surface area contributed by atoms with Crippen LogP contribution in [0.3, 0.4) is 0 Å². The van der Waals surface area contributed by atoms with Crippen LogP contribution in [-0.4, -0.2) is 24.0 Å². The number of hydrogen-bond donors (Lipinski definition) is 1. The van der Waals surface area contributed by atoms with E-state index in [0.29, 0.717) is 0 Å². The summed E-state index contributed by atoms with van der Waals surface area (Å²) in [5, 5.41) is 9.78. The van der Waals surface area contributed by atoms with Crippen LogP contribution in [0.1, 0.15) is 11.7 Å². The zero-order chi connectivity index (χ0) is 9.97. The van der Waals surface area contributed by atoms with Crippen LogP contribution in [0.5, 0.6) is 0 Å². The normalized spacial score (nSPS) is 22.6. The topological polar surface area (TPSA) is 55.8 Å². The van der Waals surface area contributed by atoms with Crippen molar-refractivity contribution < 1.29 is 19.4 Å². The average Bonchev–Trinajstić information content (AvgIpc) is 2.65. The second-order valence-electron chi connectivity index (χ2n) is 3.07. The van der Waals surface area contributed by atoms with Crippen LogP contribution in [0.4, 0.5) is 4.79 Å². The number of rotatable bonds is 2. The van der Waals surface area contributed by atoms with E-state index >= 15 is 0 Å².